The van der Waals surface area contributed by atoms with Gasteiger partial charge in [-0.1, -0.05) is 17.7 Å². The van der Waals surface area contributed by atoms with Crippen LogP contribution in [0.5, 0.6) is 5.75 Å². The zero-order valence-corrected chi connectivity index (χ0v) is 14.2. The largest absolute Gasteiger partial charge is 0.497 e. The molecular formula is C19H19N3O3. The lowest BCUT2D eigenvalue weighted by Gasteiger charge is -2.05. The highest BCUT2D eigenvalue weighted by Gasteiger charge is 2.11. The molecule has 6 heteroatoms. The lowest BCUT2D eigenvalue weighted by Crippen LogP contribution is -2.12. The van der Waals surface area contributed by atoms with Crippen LogP contribution in [0.4, 0.5) is 5.69 Å². The number of amides is 1. The van der Waals surface area contributed by atoms with Gasteiger partial charge in [-0.3, -0.25) is 4.79 Å². The van der Waals surface area contributed by atoms with Crippen molar-refractivity contribution in [1.82, 2.24) is 10.2 Å². The number of hydrogen-bond acceptors (Lipinski definition) is 5. The molecule has 0 saturated heterocycles. The molecule has 128 valence electrons. The maximum atomic E-state index is 12.0. The first-order valence-electron chi connectivity index (χ1n) is 7.97. The number of nitrogens with one attached hydrogen (secondary N) is 1. The summed E-state index contributed by atoms with van der Waals surface area (Å²) in [6, 6.07) is 15.0. The van der Waals surface area contributed by atoms with E-state index in [1.807, 2.05) is 31.2 Å². The number of rotatable bonds is 6. The SMILES string of the molecule is COc1ccc(NC(=O)CCc2nnc(-c3cccc(C)c3)o2)cc1. The van der Waals surface area contributed by atoms with Gasteiger partial charge in [0.2, 0.25) is 17.7 Å². The van der Waals surface area contributed by atoms with Gasteiger partial charge in [0, 0.05) is 24.1 Å². The molecule has 0 radical (unpaired) electrons. The molecule has 1 amide bonds. The van der Waals surface area contributed by atoms with Gasteiger partial charge < -0.3 is 14.5 Å². The molecule has 1 aromatic heterocycles. The smallest absolute Gasteiger partial charge is 0.247 e. The topological polar surface area (TPSA) is 77.2 Å². The normalized spacial score (nSPS) is 10.5. The third-order valence-corrected chi connectivity index (χ3v) is 3.67. The molecule has 3 aromatic rings. The first kappa shape index (κ1) is 16.7. The molecule has 0 atom stereocenters. The summed E-state index contributed by atoms with van der Waals surface area (Å²) in [4.78, 5) is 12.0. The summed E-state index contributed by atoms with van der Waals surface area (Å²) in [6.07, 6.45) is 0.655. The van der Waals surface area contributed by atoms with Crippen molar-refractivity contribution in [3.8, 4) is 17.2 Å². The Morgan fingerprint density at radius 2 is 1.96 bits per heavy atom. The highest BCUT2D eigenvalue weighted by Crippen LogP contribution is 2.19. The van der Waals surface area contributed by atoms with E-state index in [0.717, 1.165) is 22.6 Å². The van der Waals surface area contributed by atoms with Crippen molar-refractivity contribution < 1.29 is 13.9 Å². The zero-order chi connectivity index (χ0) is 17.6. The summed E-state index contributed by atoms with van der Waals surface area (Å²) < 4.78 is 10.7. The molecule has 0 aliphatic carbocycles. The second-order valence-electron chi connectivity index (χ2n) is 5.65. The monoisotopic (exact) mass is 337 g/mol. The number of carbonyl (C=O) groups is 1. The van der Waals surface area contributed by atoms with Crippen LogP contribution in [0.2, 0.25) is 0 Å². The number of aromatic nitrogens is 2. The van der Waals surface area contributed by atoms with E-state index in [2.05, 4.69) is 15.5 Å². The fraction of sp³-hybridized carbons (Fsp3) is 0.211. The molecule has 6 nitrogen and oxygen atoms in total. The van der Waals surface area contributed by atoms with E-state index < -0.39 is 0 Å². The maximum Gasteiger partial charge on any atom is 0.247 e. The Kier molecular flexibility index (Phi) is 5.09. The van der Waals surface area contributed by atoms with Gasteiger partial charge in [-0.05, 0) is 43.3 Å². The Morgan fingerprint density at radius 1 is 1.16 bits per heavy atom. The molecule has 0 fully saturated rings. The van der Waals surface area contributed by atoms with Crippen LogP contribution in [-0.4, -0.2) is 23.2 Å². The highest BCUT2D eigenvalue weighted by molar-refractivity contribution is 5.90. The first-order valence-corrected chi connectivity index (χ1v) is 7.97. The number of nitrogens with zero attached hydrogens (tertiary/aromatic N) is 2. The van der Waals surface area contributed by atoms with Gasteiger partial charge in [-0.15, -0.1) is 10.2 Å². The quantitative estimate of drug-likeness (QED) is 0.743. The van der Waals surface area contributed by atoms with Crippen LogP contribution < -0.4 is 10.1 Å². The summed E-state index contributed by atoms with van der Waals surface area (Å²) in [5, 5.41) is 10.9. The second-order valence-corrected chi connectivity index (χ2v) is 5.65. The van der Waals surface area contributed by atoms with Gasteiger partial charge >= 0.3 is 0 Å². The molecule has 1 heterocycles. The minimum atomic E-state index is -0.111. The van der Waals surface area contributed by atoms with Crippen LogP contribution in [0.15, 0.2) is 52.9 Å². The van der Waals surface area contributed by atoms with E-state index in [1.54, 1.807) is 31.4 Å². The molecular weight excluding hydrogens is 318 g/mol. The number of ether oxygens (including phenoxy) is 1. The average Bonchev–Trinajstić information content (AvgIpc) is 3.10. The number of hydrogen-bond donors (Lipinski definition) is 1. The Morgan fingerprint density at radius 3 is 2.68 bits per heavy atom. The molecule has 25 heavy (non-hydrogen) atoms. The fourth-order valence-corrected chi connectivity index (χ4v) is 2.37. The van der Waals surface area contributed by atoms with Crippen molar-refractivity contribution in [2.45, 2.75) is 19.8 Å². The number of carbonyl (C=O) groups excluding carboxylic acids is 1. The van der Waals surface area contributed by atoms with Gasteiger partial charge in [0.05, 0.1) is 7.11 Å². The molecule has 0 aliphatic rings. The van der Waals surface area contributed by atoms with Gasteiger partial charge in [0.25, 0.3) is 0 Å². The van der Waals surface area contributed by atoms with Gasteiger partial charge in [-0.2, -0.15) is 0 Å². The van der Waals surface area contributed by atoms with E-state index in [4.69, 9.17) is 9.15 Å². The van der Waals surface area contributed by atoms with Crippen LogP contribution in [0.3, 0.4) is 0 Å². The summed E-state index contributed by atoms with van der Waals surface area (Å²) in [6.45, 7) is 2.00. The lowest BCUT2D eigenvalue weighted by molar-refractivity contribution is -0.116. The number of methoxy groups -OCH3 is 1. The Balaban J connectivity index is 1.55. The van der Waals surface area contributed by atoms with E-state index in [1.165, 1.54) is 0 Å². The van der Waals surface area contributed by atoms with Crippen LogP contribution in [0, 0.1) is 6.92 Å². The number of benzene rings is 2. The zero-order valence-electron chi connectivity index (χ0n) is 14.2. The molecule has 0 saturated carbocycles. The van der Waals surface area contributed by atoms with Crippen LogP contribution in [0.25, 0.3) is 11.5 Å². The lowest BCUT2D eigenvalue weighted by atomic mass is 10.1. The Hall–Kier alpha value is -3.15. The summed E-state index contributed by atoms with van der Waals surface area (Å²) >= 11 is 0. The van der Waals surface area contributed by atoms with Gasteiger partial charge in [0.1, 0.15) is 5.75 Å². The maximum absolute atomic E-state index is 12.0. The Bertz CT molecular complexity index is 856. The van der Waals surface area contributed by atoms with Crippen molar-refractivity contribution >= 4 is 11.6 Å². The molecule has 1 N–H and O–H groups in total. The van der Waals surface area contributed by atoms with Crippen molar-refractivity contribution in [1.29, 1.82) is 0 Å². The van der Waals surface area contributed by atoms with Crippen LogP contribution in [0.1, 0.15) is 17.9 Å². The average molecular weight is 337 g/mol. The van der Waals surface area contributed by atoms with Gasteiger partial charge in [-0.25, -0.2) is 0 Å². The van der Waals surface area contributed by atoms with E-state index >= 15 is 0 Å². The molecule has 0 spiro atoms. The fourth-order valence-electron chi connectivity index (χ4n) is 2.37. The third-order valence-electron chi connectivity index (χ3n) is 3.67. The predicted octanol–water partition coefficient (Wildman–Crippen LogP) is 3.62. The molecule has 0 bridgehead atoms. The second kappa shape index (κ2) is 7.61. The summed E-state index contributed by atoms with van der Waals surface area (Å²) in [7, 11) is 1.60. The van der Waals surface area contributed by atoms with Crippen molar-refractivity contribution in [2.75, 3.05) is 12.4 Å². The predicted molar refractivity (Wildman–Crippen MR) is 94.4 cm³/mol. The summed E-state index contributed by atoms with van der Waals surface area (Å²) in [5.74, 6) is 1.55. The third kappa shape index (κ3) is 4.44. The number of aryl methyl sites for hydroxylation is 2. The highest BCUT2D eigenvalue weighted by atomic mass is 16.5. The standard InChI is InChI=1S/C19H19N3O3/c1-13-4-3-5-14(12-13)19-22-21-18(25-19)11-10-17(23)20-15-6-8-16(24-2)9-7-15/h3-9,12H,10-11H2,1-2H3,(H,20,23). The summed E-state index contributed by atoms with van der Waals surface area (Å²) in [5.41, 5.74) is 2.72. The van der Waals surface area contributed by atoms with E-state index in [-0.39, 0.29) is 12.3 Å². The molecule has 0 aliphatic heterocycles. The first-order chi connectivity index (χ1) is 12.1. The Labute approximate surface area is 145 Å². The van der Waals surface area contributed by atoms with Crippen molar-refractivity contribution in [2.24, 2.45) is 0 Å². The minimum absolute atomic E-state index is 0.111. The van der Waals surface area contributed by atoms with Crippen molar-refractivity contribution in [3.05, 3.63) is 60.0 Å². The van der Waals surface area contributed by atoms with Crippen molar-refractivity contribution in [3.63, 3.8) is 0 Å². The van der Waals surface area contributed by atoms with E-state index in [9.17, 15) is 4.79 Å². The number of anilines is 1. The molecule has 3 rings (SSSR count). The van der Waals surface area contributed by atoms with Gasteiger partial charge in [0.15, 0.2) is 0 Å². The van der Waals surface area contributed by atoms with Crippen LogP contribution >= 0.6 is 0 Å². The minimum Gasteiger partial charge on any atom is -0.497 e. The van der Waals surface area contributed by atoms with Crippen LogP contribution in [-0.2, 0) is 11.2 Å². The van der Waals surface area contributed by atoms with E-state index in [0.29, 0.717) is 18.2 Å². The molecule has 0 unspecified atom stereocenters. The molecule has 2 aromatic carbocycles.